The van der Waals surface area contributed by atoms with E-state index in [1.807, 2.05) is 0 Å². The average Bonchev–Trinajstić information content (AvgIpc) is 3.40. The predicted molar refractivity (Wildman–Crippen MR) is 196 cm³/mol. The van der Waals surface area contributed by atoms with Gasteiger partial charge in [0.05, 0.1) is 0 Å². The van der Waals surface area contributed by atoms with Gasteiger partial charge in [0.15, 0.2) is 0 Å². The molecule has 256 valence electrons. The maximum atomic E-state index is 2.72. The number of hydrogen-bond donors (Lipinski definition) is 0. The van der Waals surface area contributed by atoms with Gasteiger partial charge in [0, 0.05) is 25.5 Å². The third-order valence-electron chi connectivity index (χ3n) is 10.1. The van der Waals surface area contributed by atoms with E-state index in [9.17, 15) is 0 Å². The van der Waals surface area contributed by atoms with Crippen molar-refractivity contribution >= 4 is 0 Å². The molecule has 0 N–H and O–H groups in total. The van der Waals surface area contributed by atoms with E-state index in [1.165, 1.54) is 225 Å². The first-order valence-electron chi connectivity index (χ1n) is 20.5. The molecule has 1 heterocycles. The summed E-state index contributed by atoms with van der Waals surface area (Å²) in [5.41, 5.74) is 0. The molecule has 2 heteroatoms. The summed E-state index contributed by atoms with van der Waals surface area (Å²) in [6.45, 7) is 9.48. The summed E-state index contributed by atoms with van der Waals surface area (Å²) in [5, 5.41) is 0. The van der Waals surface area contributed by atoms with Gasteiger partial charge >= 0.3 is 0 Å². The zero-order valence-corrected chi connectivity index (χ0v) is 30.4. The summed E-state index contributed by atoms with van der Waals surface area (Å²) in [6.07, 6.45) is 52.9. The van der Waals surface area contributed by atoms with E-state index < -0.39 is 0 Å². The molecule has 0 spiro atoms. The molecular formula is C41H82N2. The molecule has 0 radical (unpaired) electrons. The summed E-state index contributed by atoms with van der Waals surface area (Å²) >= 11 is 0. The quantitative estimate of drug-likeness (QED) is 0.0666. The van der Waals surface area contributed by atoms with Crippen molar-refractivity contribution in [2.75, 3.05) is 13.1 Å². The Hall–Kier alpha value is -0.660. The number of nitrogens with zero attached hydrogens (tertiary/aromatic N) is 2. The second kappa shape index (κ2) is 32.7. The molecule has 0 aromatic rings. The van der Waals surface area contributed by atoms with Crippen molar-refractivity contribution in [2.45, 2.75) is 239 Å². The third-order valence-corrected chi connectivity index (χ3v) is 10.1. The highest BCUT2D eigenvalue weighted by atomic mass is 15.4. The van der Waals surface area contributed by atoms with Crippen LogP contribution < -0.4 is 0 Å². The molecule has 1 aliphatic rings. The van der Waals surface area contributed by atoms with Crippen LogP contribution in [0, 0.1) is 0 Å². The van der Waals surface area contributed by atoms with Crippen molar-refractivity contribution in [3.63, 3.8) is 0 Å². The van der Waals surface area contributed by atoms with Crippen molar-refractivity contribution in [3.8, 4) is 0 Å². The number of unbranched alkanes of at least 4 members (excludes halogenated alkanes) is 29. The predicted octanol–water partition coefficient (Wildman–Crippen LogP) is 14.3. The topological polar surface area (TPSA) is 6.48 Å². The molecule has 1 atom stereocenters. The third kappa shape index (κ3) is 25.2. The smallest absolute Gasteiger partial charge is 0.101 e. The van der Waals surface area contributed by atoms with Gasteiger partial charge in [0.2, 0.25) is 0 Å². The minimum absolute atomic E-state index is 0.640. The molecule has 0 aromatic heterocycles. The molecular weight excluding hydrogens is 520 g/mol. The van der Waals surface area contributed by atoms with Crippen LogP contribution in [0.15, 0.2) is 12.4 Å². The van der Waals surface area contributed by atoms with Crippen LogP contribution in [0.1, 0.15) is 233 Å². The minimum Gasteiger partial charge on any atom is -0.356 e. The second-order valence-electron chi connectivity index (χ2n) is 14.3. The zero-order valence-electron chi connectivity index (χ0n) is 30.4. The Morgan fingerprint density at radius 2 is 0.535 bits per heavy atom. The molecule has 0 aromatic carbocycles. The molecule has 2 nitrogen and oxygen atoms in total. The van der Waals surface area contributed by atoms with Crippen molar-refractivity contribution < 1.29 is 0 Å². The van der Waals surface area contributed by atoms with Crippen LogP contribution in [0.25, 0.3) is 0 Å². The van der Waals surface area contributed by atoms with Gasteiger partial charge < -0.3 is 9.80 Å². The fourth-order valence-corrected chi connectivity index (χ4v) is 7.07. The highest BCUT2D eigenvalue weighted by Gasteiger charge is 2.24. The Morgan fingerprint density at radius 3 is 0.814 bits per heavy atom. The normalized spacial score (nSPS) is 14.9. The van der Waals surface area contributed by atoms with E-state index in [2.05, 4.69) is 43.0 Å². The number of rotatable bonds is 35. The van der Waals surface area contributed by atoms with Gasteiger partial charge in [0.25, 0.3) is 0 Å². The van der Waals surface area contributed by atoms with Crippen LogP contribution in [0.2, 0.25) is 0 Å². The summed E-state index contributed by atoms with van der Waals surface area (Å²) in [6, 6.07) is 0. The summed E-state index contributed by atoms with van der Waals surface area (Å²) in [5.74, 6) is 0. The Labute approximate surface area is 273 Å². The van der Waals surface area contributed by atoms with E-state index in [0.717, 1.165) is 0 Å². The lowest BCUT2D eigenvalue weighted by Gasteiger charge is -2.33. The summed E-state index contributed by atoms with van der Waals surface area (Å²) in [7, 11) is 0. The van der Waals surface area contributed by atoms with Crippen LogP contribution >= 0.6 is 0 Å². The lowest BCUT2D eigenvalue weighted by Crippen LogP contribution is -2.39. The fourth-order valence-electron chi connectivity index (χ4n) is 7.07. The van der Waals surface area contributed by atoms with Crippen LogP contribution in [0.3, 0.4) is 0 Å². The molecule has 0 saturated heterocycles. The molecule has 0 saturated carbocycles. The lowest BCUT2D eigenvalue weighted by molar-refractivity contribution is 0.135. The standard InChI is InChI=1S/C41H82N2/c1-4-7-10-13-16-19-20-21-22-23-24-25-26-29-32-35-38-43-40-39-42(37-34-31-28-18-15-12-9-6-3)41(43)36-33-30-27-17-14-11-8-5-2/h39-41H,4-38H2,1-3H3. The molecule has 0 aliphatic carbocycles. The molecule has 1 aliphatic heterocycles. The van der Waals surface area contributed by atoms with Gasteiger partial charge in [-0.1, -0.05) is 207 Å². The molecule has 0 amide bonds. The summed E-state index contributed by atoms with van der Waals surface area (Å²) in [4.78, 5) is 5.43. The largest absolute Gasteiger partial charge is 0.356 e. The molecule has 0 fully saturated rings. The first-order chi connectivity index (χ1) is 21.3. The first-order valence-corrected chi connectivity index (χ1v) is 20.5. The van der Waals surface area contributed by atoms with Gasteiger partial charge in [-0.05, 0) is 25.7 Å². The Kier molecular flexibility index (Phi) is 30.7. The molecule has 0 bridgehead atoms. The molecule has 1 rings (SSSR count). The monoisotopic (exact) mass is 603 g/mol. The van der Waals surface area contributed by atoms with E-state index in [0.29, 0.717) is 6.17 Å². The van der Waals surface area contributed by atoms with Gasteiger partial charge in [-0.15, -0.1) is 0 Å². The maximum absolute atomic E-state index is 2.72. The van der Waals surface area contributed by atoms with E-state index in [-0.39, 0.29) is 0 Å². The van der Waals surface area contributed by atoms with Gasteiger partial charge in [-0.2, -0.15) is 0 Å². The van der Waals surface area contributed by atoms with Gasteiger partial charge in [-0.3, -0.25) is 0 Å². The SMILES string of the molecule is CCCCCCCCCCCCCCCCCCN1C=CN(CCCCCCCCCC)C1CCCCCCCCCC. The zero-order chi connectivity index (χ0) is 30.9. The van der Waals surface area contributed by atoms with Crippen LogP contribution in [-0.4, -0.2) is 29.1 Å². The Balaban J connectivity index is 2.15. The Bertz CT molecular complexity index is 558. The van der Waals surface area contributed by atoms with Crippen LogP contribution in [0.4, 0.5) is 0 Å². The molecule has 43 heavy (non-hydrogen) atoms. The minimum atomic E-state index is 0.640. The van der Waals surface area contributed by atoms with Crippen molar-refractivity contribution in [1.29, 1.82) is 0 Å². The lowest BCUT2D eigenvalue weighted by atomic mass is 10.0. The molecule has 1 unspecified atom stereocenters. The van der Waals surface area contributed by atoms with Gasteiger partial charge in [0.1, 0.15) is 6.17 Å². The summed E-state index contributed by atoms with van der Waals surface area (Å²) < 4.78 is 0. The fraction of sp³-hybridized carbons (Fsp3) is 0.951. The van der Waals surface area contributed by atoms with Crippen molar-refractivity contribution in [1.82, 2.24) is 9.80 Å². The average molecular weight is 603 g/mol. The maximum Gasteiger partial charge on any atom is 0.101 e. The second-order valence-corrected chi connectivity index (χ2v) is 14.3. The van der Waals surface area contributed by atoms with E-state index in [4.69, 9.17) is 0 Å². The highest BCUT2D eigenvalue weighted by molar-refractivity contribution is 4.97. The van der Waals surface area contributed by atoms with E-state index >= 15 is 0 Å². The van der Waals surface area contributed by atoms with Crippen molar-refractivity contribution in [3.05, 3.63) is 12.4 Å². The van der Waals surface area contributed by atoms with Crippen LogP contribution in [0.5, 0.6) is 0 Å². The van der Waals surface area contributed by atoms with Gasteiger partial charge in [-0.25, -0.2) is 0 Å². The number of hydrogen-bond acceptors (Lipinski definition) is 2. The first kappa shape index (κ1) is 40.4. The highest BCUT2D eigenvalue weighted by Crippen LogP contribution is 2.24. The van der Waals surface area contributed by atoms with Crippen molar-refractivity contribution in [2.24, 2.45) is 0 Å². The van der Waals surface area contributed by atoms with E-state index in [1.54, 1.807) is 0 Å². The van der Waals surface area contributed by atoms with Crippen LogP contribution in [-0.2, 0) is 0 Å². The Morgan fingerprint density at radius 1 is 0.302 bits per heavy atom.